The van der Waals surface area contributed by atoms with Crippen LogP contribution in [0.25, 0.3) is 0 Å². The summed E-state index contributed by atoms with van der Waals surface area (Å²) in [7, 11) is 0. The van der Waals surface area contributed by atoms with Crippen molar-refractivity contribution in [2.75, 3.05) is 26.4 Å². The van der Waals surface area contributed by atoms with Crippen molar-refractivity contribution in [1.29, 1.82) is 0 Å². The first-order valence-corrected chi connectivity index (χ1v) is 44.7. The Balaban J connectivity index is 0.917. The molecular formula is C108H90O33. The number of carbonyl (C=O) groups is 12. The fraction of sp³-hybridized carbons (Fsp3) is 0.222. The lowest BCUT2D eigenvalue weighted by molar-refractivity contribution is -0.386. The Morgan fingerprint density at radius 2 is 0.333 bits per heavy atom. The molecule has 4 saturated heterocycles. The van der Waals surface area contributed by atoms with E-state index >= 15 is 28.8 Å². The van der Waals surface area contributed by atoms with E-state index in [1.165, 1.54) is 267 Å². The minimum atomic E-state index is -2.63. The van der Waals surface area contributed by atoms with Gasteiger partial charge in [-0.25, -0.2) is 57.5 Å². The Bertz CT molecular complexity index is 6230. The van der Waals surface area contributed by atoms with Gasteiger partial charge in [0.2, 0.25) is 0 Å². The van der Waals surface area contributed by atoms with Crippen molar-refractivity contribution in [3.63, 3.8) is 0 Å². The average molecular weight is 1920 g/mol. The maximum Gasteiger partial charge on any atom is 0.338 e. The number of aliphatic hydroxyl groups is 2. The molecule has 12 aromatic carbocycles. The van der Waals surface area contributed by atoms with Crippen molar-refractivity contribution in [2.24, 2.45) is 0 Å². The molecule has 0 radical (unpaired) electrons. The fourth-order valence-corrected chi connectivity index (χ4v) is 15.8. The second kappa shape index (κ2) is 47.3. The molecule has 16 rings (SSSR count). The van der Waals surface area contributed by atoms with Crippen LogP contribution in [0.1, 0.15) is 124 Å². The third-order valence-corrected chi connectivity index (χ3v) is 22.9. The molecule has 4 heterocycles. The van der Waals surface area contributed by atoms with E-state index < -0.39 is 221 Å². The van der Waals surface area contributed by atoms with Gasteiger partial charge in [-0.2, -0.15) is 0 Å². The maximum absolute atomic E-state index is 16.0. The standard InChI is InChI=1S/C108H90O33/c109-81-82(131-97(114)69-45-21-5-22-46-69)77(61-123-93(110)65-37-13-1-14-38-65)128-106(86(81)135-101(118)73-53-29-9-30-54-73)140-88-84(133-99(116)71-49-25-7-26-50-71)79(63-125-95(112)67-41-17-3-18-42-67)130-108(91(88)137-103(120)75-57-33-11-34-58-75)141-89-85(134-100(117)72-51-27-8-28-52-72)80(64-126-96(113)68-43-19-4-20-44-68)129-107(92(89)138-104(121)76-59-35-12-36-60-76)139-87-83(132-98(115)70-47-23-6-24-48-70)78(62-124-94(111)66-39-15-2-16-40-66)127-105(122)90(87)136-102(119)74-55-31-10-32-56-74/h1-60,77-92,105-109,122H,61-64H2/t77-,78+,79-,80+,81-,82-,83+,84-,85-,86-,87+,88-,89-,90+,91-,92+,105+,106-,107+,108-/m0/s1. The summed E-state index contributed by atoms with van der Waals surface area (Å²) >= 11 is 0. The fourth-order valence-electron chi connectivity index (χ4n) is 15.8. The molecule has 720 valence electrons. The van der Waals surface area contributed by atoms with Gasteiger partial charge in [0.1, 0.15) is 75.3 Å². The van der Waals surface area contributed by atoms with Gasteiger partial charge in [-0.1, -0.05) is 218 Å². The van der Waals surface area contributed by atoms with Crippen molar-refractivity contribution < 1.29 is 158 Å². The van der Waals surface area contributed by atoms with Gasteiger partial charge in [-0.05, 0) is 146 Å². The molecule has 0 aromatic heterocycles. The second-order valence-corrected chi connectivity index (χ2v) is 32.2. The molecule has 12 aromatic rings. The third-order valence-electron chi connectivity index (χ3n) is 22.9. The predicted molar refractivity (Wildman–Crippen MR) is 490 cm³/mol. The van der Waals surface area contributed by atoms with E-state index in [0.29, 0.717) is 0 Å². The van der Waals surface area contributed by atoms with Gasteiger partial charge in [-0.15, -0.1) is 0 Å². The van der Waals surface area contributed by atoms with E-state index in [9.17, 15) is 39.0 Å². The predicted octanol–water partition coefficient (Wildman–Crippen LogP) is 12.6. The largest absolute Gasteiger partial charge is 0.459 e. The molecule has 33 heteroatoms. The average Bonchev–Trinajstić information content (AvgIpc) is 0.749. The van der Waals surface area contributed by atoms with Gasteiger partial charge < -0.3 is 100 Å². The summed E-state index contributed by atoms with van der Waals surface area (Å²) in [6.45, 7) is -4.04. The van der Waals surface area contributed by atoms with Crippen molar-refractivity contribution >= 4 is 71.6 Å². The highest BCUT2D eigenvalue weighted by molar-refractivity contribution is 5.95. The summed E-state index contributed by atoms with van der Waals surface area (Å²) in [6, 6.07) is 87.9. The van der Waals surface area contributed by atoms with Gasteiger partial charge in [-0.3, -0.25) is 0 Å². The molecule has 0 unspecified atom stereocenters. The Morgan fingerprint density at radius 1 is 0.177 bits per heavy atom. The smallest absolute Gasteiger partial charge is 0.338 e. The van der Waals surface area contributed by atoms with Crippen molar-refractivity contribution in [3.05, 3.63) is 431 Å². The molecule has 0 aliphatic carbocycles. The zero-order chi connectivity index (χ0) is 98.1. The van der Waals surface area contributed by atoms with Crippen LogP contribution in [0.4, 0.5) is 0 Å². The summed E-state index contributed by atoms with van der Waals surface area (Å²) in [6.07, 6.45) is -46.3. The van der Waals surface area contributed by atoms with Crippen molar-refractivity contribution in [1.82, 2.24) is 0 Å². The lowest BCUT2D eigenvalue weighted by atomic mass is 9.94. The van der Waals surface area contributed by atoms with E-state index in [2.05, 4.69) is 0 Å². The molecule has 2 N–H and O–H groups in total. The van der Waals surface area contributed by atoms with Crippen LogP contribution in [-0.2, 0) is 90.0 Å². The second-order valence-electron chi connectivity index (χ2n) is 32.2. The van der Waals surface area contributed by atoms with Gasteiger partial charge >= 0.3 is 71.6 Å². The summed E-state index contributed by atoms with van der Waals surface area (Å²) in [5, 5.41) is 26.2. The van der Waals surface area contributed by atoms with Gasteiger partial charge in [0, 0.05) is 0 Å². The zero-order valence-corrected chi connectivity index (χ0v) is 74.6. The quantitative estimate of drug-likeness (QED) is 0.0279. The number of aliphatic hydroxyl groups excluding tert-OH is 2. The lowest BCUT2D eigenvalue weighted by Crippen LogP contribution is -2.70. The molecule has 33 nitrogen and oxygen atoms in total. The molecule has 4 fully saturated rings. The molecule has 0 saturated carbocycles. The Hall–Kier alpha value is -16.1. The van der Waals surface area contributed by atoms with Crippen molar-refractivity contribution in [2.45, 2.75) is 123 Å². The van der Waals surface area contributed by atoms with Gasteiger partial charge in [0.15, 0.2) is 74.0 Å². The molecule has 0 spiro atoms. The van der Waals surface area contributed by atoms with Crippen LogP contribution in [0, 0.1) is 0 Å². The topological polar surface area (TPSA) is 421 Å². The van der Waals surface area contributed by atoms with Crippen LogP contribution in [0.15, 0.2) is 364 Å². The van der Waals surface area contributed by atoms with E-state index in [1.807, 2.05) is 0 Å². The summed E-state index contributed by atoms with van der Waals surface area (Å²) in [4.78, 5) is 181. The van der Waals surface area contributed by atoms with Crippen molar-refractivity contribution in [3.8, 4) is 0 Å². The van der Waals surface area contributed by atoms with E-state index in [4.69, 9.17) is 90.0 Å². The lowest BCUT2D eigenvalue weighted by Gasteiger charge is -2.51. The molecule has 4 aliphatic rings. The van der Waals surface area contributed by atoms with Gasteiger partial charge in [0.25, 0.3) is 0 Å². The number of esters is 12. The number of hydrogen-bond donors (Lipinski definition) is 2. The molecule has 4 aliphatic heterocycles. The van der Waals surface area contributed by atoms with Crippen LogP contribution in [0.5, 0.6) is 0 Å². The Labute approximate surface area is 805 Å². The number of rotatable bonds is 34. The summed E-state index contributed by atoms with van der Waals surface area (Å²) in [5.74, 6) is -13.8. The number of ether oxygens (including phenoxy) is 19. The molecular weight excluding hydrogens is 1830 g/mol. The van der Waals surface area contributed by atoms with Crippen LogP contribution < -0.4 is 0 Å². The minimum Gasteiger partial charge on any atom is -0.459 e. The molecule has 0 amide bonds. The highest BCUT2D eigenvalue weighted by atomic mass is 16.8. The number of benzene rings is 12. The maximum atomic E-state index is 16.0. The third kappa shape index (κ3) is 24.9. The monoisotopic (exact) mass is 1910 g/mol. The highest BCUT2D eigenvalue weighted by Gasteiger charge is 2.63. The van der Waals surface area contributed by atoms with Crippen LogP contribution in [0.3, 0.4) is 0 Å². The Morgan fingerprint density at radius 3 is 0.553 bits per heavy atom. The summed E-state index contributed by atoms with van der Waals surface area (Å²) < 4.78 is 126. The van der Waals surface area contributed by atoms with Gasteiger partial charge in [0.05, 0.1) is 66.8 Å². The molecule has 20 atom stereocenters. The van der Waals surface area contributed by atoms with E-state index in [0.717, 1.165) is 0 Å². The first-order chi connectivity index (χ1) is 68.7. The zero-order valence-electron chi connectivity index (χ0n) is 74.6. The Kier molecular flexibility index (Phi) is 32.9. The van der Waals surface area contributed by atoms with E-state index in [-0.39, 0.29) is 66.8 Å². The van der Waals surface area contributed by atoms with E-state index in [1.54, 1.807) is 97.1 Å². The molecule has 141 heavy (non-hydrogen) atoms. The SMILES string of the molecule is O=C(OC[C@@H]1O[C@@H](O[C@@H]2[C@H](OC(=O)c3ccccc3)[C@H](O[C@H]3[C@@H](OC(=O)c4ccccc4)[C@@H](COC(=O)c4ccccc4)O[C@H](O[C@H]4[C@@H](OC(=O)c5ccccc5)[C@H](O)O[C@H](COC(=O)c5ccccc5)[C@H]4OC(=O)c4ccccc4)[C@@H]3OC(=O)c3ccccc3)O[C@@H](COC(=O)c3ccccc3)[C@@H]2OC(=O)c2ccccc2)[C@@H](OC(=O)c2ccccc2)[C@@H](O)[C@H]1OC(=O)c1ccccc1)c1ccccc1. The van der Waals surface area contributed by atoms with Crippen LogP contribution in [-0.4, -0.2) is 231 Å². The molecule has 0 bridgehead atoms. The number of hydrogen-bond acceptors (Lipinski definition) is 33. The van der Waals surface area contributed by atoms with Crippen LogP contribution in [0.2, 0.25) is 0 Å². The van der Waals surface area contributed by atoms with Crippen LogP contribution >= 0.6 is 0 Å². The summed E-state index contributed by atoms with van der Waals surface area (Å²) in [5.41, 5.74) is -1.51. The minimum absolute atomic E-state index is 0.000670. The normalized spacial score (nSPS) is 24.0. The highest BCUT2D eigenvalue weighted by Crippen LogP contribution is 2.42. The first kappa shape index (κ1) is 98.0. The number of carbonyl (C=O) groups excluding carboxylic acids is 12. The first-order valence-electron chi connectivity index (χ1n) is 44.7.